The van der Waals surface area contributed by atoms with E-state index in [4.69, 9.17) is 37.8 Å². The smallest absolute Gasteiger partial charge is 0.307 e. The maximum absolute atomic E-state index is 12.1. The number of halogens is 2. The Bertz CT molecular complexity index is 585. The molecule has 0 bridgehead atoms. The lowest BCUT2D eigenvalue weighted by Crippen LogP contribution is -2.41. The zero-order valence-electron chi connectivity index (χ0n) is 12.5. The molecule has 0 spiro atoms. The largest absolute Gasteiger partial charge is 0.488 e. The van der Waals surface area contributed by atoms with Gasteiger partial charge in [-0.25, -0.2) is 0 Å². The van der Waals surface area contributed by atoms with Gasteiger partial charge in [-0.1, -0.05) is 23.2 Å². The maximum Gasteiger partial charge on any atom is 0.307 e. The highest BCUT2D eigenvalue weighted by molar-refractivity contribution is 6.37. The molecule has 2 rings (SSSR count). The van der Waals surface area contributed by atoms with Gasteiger partial charge >= 0.3 is 5.97 Å². The molecule has 0 aromatic heterocycles. The van der Waals surface area contributed by atoms with Crippen LogP contribution in [-0.4, -0.2) is 37.3 Å². The third-order valence-corrected chi connectivity index (χ3v) is 4.29. The van der Waals surface area contributed by atoms with Crippen molar-refractivity contribution < 1.29 is 24.2 Å². The fourth-order valence-corrected chi connectivity index (χ4v) is 2.94. The van der Waals surface area contributed by atoms with Crippen LogP contribution in [0.2, 0.25) is 10.0 Å². The summed E-state index contributed by atoms with van der Waals surface area (Å²) in [6, 6.07) is 3.03. The number of nitrogens with one attached hydrogen (secondary N) is 1. The normalized spacial score (nSPS) is 19.8. The van der Waals surface area contributed by atoms with Gasteiger partial charge in [0.2, 0.25) is 5.91 Å². The van der Waals surface area contributed by atoms with E-state index in [1.165, 1.54) is 12.1 Å². The quantitative estimate of drug-likeness (QED) is 0.729. The van der Waals surface area contributed by atoms with Gasteiger partial charge in [-0.2, -0.15) is 0 Å². The lowest BCUT2D eigenvalue weighted by Gasteiger charge is -2.31. The number of anilines is 1. The number of carbonyl (C=O) groups excluding carboxylic acids is 1. The van der Waals surface area contributed by atoms with Gasteiger partial charge in [0.15, 0.2) is 5.75 Å². The minimum atomic E-state index is -0.950. The first-order chi connectivity index (χ1) is 10.9. The van der Waals surface area contributed by atoms with Gasteiger partial charge in [-0.15, -0.1) is 0 Å². The Morgan fingerprint density at radius 3 is 2.30 bits per heavy atom. The second kappa shape index (κ2) is 7.86. The molecule has 0 heterocycles. The first-order valence-electron chi connectivity index (χ1n) is 7.08. The number of methoxy groups -OCH3 is 1. The molecule has 0 radical (unpaired) electrons. The average Bonchev–Trinajstić information content (AvgIpc) is 2.39. The van der Waals surface area contributed by atoms with Gasteiger partial charge in [0.25, 0.3) is 0 Å². The number of hydrogen-bond acceptors (Lipinski definition) is 4. The number of aliphatic carboxylic acids is 1. The van der Waals surface area contributed by atoms with Crippen molar-refractivity contribution in [2.75, 3.05) is 25.6 Å². The Morgan fingerprint density at radius 1 is 1.22 bits per heavy atom. The van der Waals surface area contributed by atoms with Crippen LogP contribution in [-0.2, 0) is 14.3 Å². The molecule has 1 aliphatic carbocycles. The topological polar surface area (TPSA) is 84.9 Å². The molecule has 8 heteroatoms. The van der Waals surface area contributed by atoms with E-state index in [2.05, 4.69) is 5.32 Å². The molecule has 126 valence electrons. The van der Waals surface area contributed by atoms with Gasteiger partial charge in [0.1, 0.15) is 6.61 Å². The molecule has 1 fully saturated rings. The van der Waals surface area contributed by atoms with Gasteiger partial charge in [0.05, 0.1) is 28.5 Å². The Morgan fingerprint density at radius 2 is 1.83 bits per heavy atom. The molecular weight excluding hydrogens is 345 g/mol. The lowest BCUT2D eigenvalue weighted by atomic mass is 9.73. The highest BCUT2D eigenvalue weighted by Gasteiger charge is 2.41. The Balaban J connectivity index is 2.03. The van der Waals surface area contributed by atoms with Crippen molar-refractivity contribution in [3.8, 4) is 5.75 Å². The highest BCUT2D eigenvalue weighted by atomic mass is 35.5. The van der Waals surface area contributed by atoms with E-state index in [1.54, 1.807) is 7.11 Å². The standard InChI is InChI=1S/C15H17Cl2NO5/c1-22-4-5-23-13-11(16)6-8(7-12(13)17)18-14(19)9-2-3-10(9)15(20)21/h6-7,9-10H,2-5H2,1H3,(H,18,19)(H,20,21). The molecule has 6 nitrogen and oxygen atoms in total. The van der Waals surface area contributed by atoms with Crippen LogP contribution in [0.15, 0.2) is 12.1 Å². The van der Waals surface area contributed by atoms with Crippen molar-refractivity contribution in [2.45, 2.75) is 12.8 Å². The van der Waals surface area contributed by atoms with Gasteiger partial charge in [0, 0.05) is 12.8 Å². The van der Waals surface area contributed by atoms with Gasteiger partial charge in [-0.3, -0.25) is 9.59 Å². The Hall–Kier alpha value is -1.50. The van der Waals surface area contributed by atoms with E-state index in [9.17, 15) is 9.59 Å². The second-order valence-electron chi connectivity index (χ2n) is 5.23. The molecule has 2 unspecified atom stereocenters. The fourth-order valence-electron chi connectivity index (χ4n) is 2.34. The Kier molecular flexibility index (Phi) is 6.10. The first-order valence-corrected chi connectivity index (χ1v) is 7.84. The number of carboxylic acids is 1. The van der Waals surface area contributed by atoms with Crippen LogP contribution in [0.25, 0.3) is 0 Å². The number of ether oxygens (including phenoxy) is 2. The summed E-state index contributed by atoms with van der Waals surface area (Å²) in [4.78, 5) is 23.1. The summed E-state index contributed by atoms with van der Waals surface area (Å²) in [6.07, 6.45) is 1.07. The van der Waals surface area contributed by atoms with Crippen molar-refractivity contribution in [3.63, 3.8) is 0 Å². The number of benzene rings is 1. The molecule has 1 saturated carbocycles. The first kappa shape index (κ1) is 17.8. The molecule has 1 aromatic rings. The minimum Gasteiger partial charge on any atom is -0.488 e. The molecule has 0 saturated heterocycles. The van der Waals surface area contributed by atoms with E-state index >= 15 is 0 Å². The monoisotopic (exact) mass is 361 g/mol. The number of rotatable bonds is 7. The average molecular weight is 362 g/mol. The molecule has 23 heavy (non-hydrogen) atoms. The van der Waals surface area contributed by atoms with Crippen LogP contribution in [0, 0.1) is 11.8 Å². The highest BCUT2D eigenvalue weighted by Crippen LogP contribution is 2.38. The van der Waals surface area contributed by atoms with Crippen LogP contribution in [0.4, 0.5) is 5.69 Å². The summed E-state index contributed by atoms with van der Waals surface area (Å²) in [7, 11) is 1.55. The minimum absolute atomic E-state index is 0.257. The van der Waals surface area contributed by atoms with Gasteiger partial charge < -0.3 is 19.9 Å². The summed E-state index contributed by atoms with van der Waals surface area (Å²) in [5.41, 5.74) is 0.403. The number of carbonyl (C=O) groups is 2. The number of amides is 1. The number of hydrogen-bond donors (Lipinski definition) is 2. The SMILES string of the molecule is COCCOc1c(Cl)cc(NC(=O)C2CCC2C(=O)O)cc1Cl. The summed E-state index contributed by atoms with van der Waals surface area (Å²) < 4.78 is 10.3. The third kappa shape index (κ3) is 4.28. The van der Waals surface area contributed by atoms with Crippen molar-refractivity contribution in [3.05, 3.63) is 22.2 Å². The van der Waals surface area contributed by atoms with Crippen LogP contribution in [0.1, 0.15) is 12.8 Å². The van der Waals surface area contributed by atoms with Crippen molar-refractivity contribution in [1.29, 1.82) is 0 Å². The zero-order valence-corrected chi connectivity index (χ0v) is 14.0. The van der Waals surface area contributed by atoms with E-state index < -0.39 is 17.8 Å². The van der Waals surface area contributed by atoms with E-state index in [0.717, 1.165) is 0 Å². The molecule has 0 aliphatic heterocycles. The lowest BCUT2D eigenvalue weighted by molar-refractivity contribution is -0.151. The van der Waals surface area contributed by atoms with E-state index in [-0.39, 0.29) is 16.0 Å². The van der Waals surface area contributed by atoms with Crippen molar-refractivity contribution in [1.82, 2.24) is 0 Å². The summed E-state index contributed by atoms with van der Waals surface area (Å²) in [6.45, 7) is 0.688. The van der Waals surface area contributed by atoms with E-state index in [1.807, 2.05) is 0 Å². The predicted octanol–water partition coefficient (Wildman–Crippen LogP) is 3.07. The number of carboxylic acid groups (broad SMARTS) is 1. The molecule has 2 N–H and O–H groups in total. The van der Waals surface area contributed by atoms with E-state index in [0.29, 0.717) is 37.5 Å². The second-order valence-corrected chi connectivity index (χ2v) is 6.04. The molecular formula is C15H17Cl2NO5. The summed E-state index contributed by atoms with van der Waals surface area (Å²) in [5, 5.41) is 12.2. The van der Waals surface area contributed by atoms with Crippen molar-refractivity contribution in [2.24, 2.45) is 11.8 Å². The molecule has 1 amide bonds. The fraction of sp³-hybridized carbons (Fsp3) is 0.467. The van der Waals surface area contributed by atoms with Crippen LogP contribution in [0.5, 0.6) is 5.75 Å². The van der Waals surface area contributed by atoms with Gasteiger partial charge in [-0.05, 0) is 25.0 Å². The zero-order chi connectivity index (χ0) is 17.0. The maximum atomic E-state index is 12.1. The summed E-state index contributed by atoms with van der Waals surface area (Å²) in [5.74, 6) is -2.13. The van der Waals surface area contributed by atoms with Crippen LogP contribution >= 0.6 is 23.2 Å². The Labute approximate surface area is 143 Å². The predicted molar refractivity (Wildman–Crippen MR) is 86.3 cm³/mol. The van der Waals surface area contributed by atoms with Crippen LogP contribution < -0.4 is 10.1 Å². The van der Waals surface area contributed by atoms with Crippen LogP contribution in [0.3, 0.4) is 0 Å². The molecule has 2 atom stereocenters. The third-order valence-electron chi connectivity index (χ3n) is 3.73. The molecule has 1 aromatic carbocycles. The summed E-state index contributed by atoms with van der Waals surface area (Å²) >= 11 is 12.2. The van der Waals surface area contributed by atoms with Crippen molar-refractivity contribution >= 4 is 40.8 Å². The molecule has 1 aliphatic rings.